The molecule has 0 aromatic heterocycles. The quantitative estimate of drug-likeness (QED) is 0.434. The van der Waals surface area contributed by atoms with Gasteiger partial charge in [-0.2, -0.15) is 0 Å². The average Bonchev–Trinajstić information content (AvgIpc) is 3.29. The van der Waals surface area contributed by atoms with Crippen molar-refractivity contribution in [3.8, 4) is 11.5 Å². The molecule has 0 aliphatic carbocycles. The van der Waals surface area contributed by atoms with Gasteiger partial charge in [0.1, 0.15) is 6.04 Å². The maximum Gasteiger partial charge on any atom is 0.243 e. The fourth-order valence-electron chi connectivity index (χ4n) is 4.20. The third-order valence-electron chi connectivity index (χ3n) is 5.95. The lowest BCUT2D eigenvalue weighted by Crippen LogP contribution is -2.53. The number of nitrogens with zero attached hydrogens (tertiary/aromatic N) is 2. The van der Waals surface area contributed by atoms with Crippen LogP contribution >= 0.6 is 11.6 Å². The number of fused-ring (bicyclic) bond motifs is 1. The molecule has 0 fully saturated rings. The molecule has 9 nitrogen and oxygen atoms in total. The molecular weight excluding hydrogens is 530 g/mol. The number of halogens is 1. The fourth-order valence-corrected chi connectivity index (χ4v) is 5.29. The predicted molar refractivity (Wildman–Crippen MR) is 148 cm³/mol. The van der Waals surface area contributed by atoms with Crippen LogP contribution in [0.1, 0.15) is 52.5 Å². The molecule has 0 saturated carbocycles. The van der Waals surface area contributed by atoms with Crippen LogP contribution in [-0.2, 0) is 26.2 Å². The fraction of sp³-hybridized carbons (Fsp3) is 0.481. The average molecular weight is 566 g/mol. The molecule has 0 saturated heterocycles. The Morgan fingerprint density at radius 3 is 2.34 bits per heavy atom. The van der Waals surface area contributed by atoms with Crippen LogP contribution in [-0.4, -0.2) is 56.3 Å². The highest BCUT2D eigenvalue weighted by atomic mass is 35.5. The predicted octanol–water partition coefficient (Wildman–Crippen LogP) is 4.34. The Hall–Kier alpha value is -2.98. The van der Waals surface area contributed by atoms with Crippen LogP contribution in [0, 0.1) is 0 Å². The molecule has 1 aliphatic heterocycles. The van der Waals surface area contributed by atoms with E-state index < -0.39 is 21.6 Å². The van der Waals surface area contributed by atoms with Gasteiger partial charge in [0.25, 0.3) is 0 Å². The van der Waals surface area contributed by atoms with Gasteiger partial charge in [0, 0.05) is 36.1 Å². The van der Waals surface area contributed by atoms with E-state index in [1.165, 1.54) is 4.31 Å². The number of carbonyl (C=O) groups excluding carboxylic acids is 2. The second kappa shape index (κ2) is 12.3. The molecule has 0 radical (unpaired) electrons. The van der Waals surface area contributed by atoms with E-state index in [9.17, 15) is 18.0 Å². The molecule has 208 valence electrons. The first-order valence-corrected chi connectivity index (χ1v) is 14.7. The number of rotatable bonds is 11. The summed E-state index contributed by atoms with van der Waals surface area (Å²) in [6.07, 6.45) is 1.86. The Balaban J connectivity index is 1.77. The van der Waals surface area contributed by atoms with E-state index in [1.54, 1.807) is 35.2 Å². The van der Waals surface area contributed by atoms with Crippen molar-refractivity contribution in [3.63, 3.8) is 0 Å². The summed E-state index contributed by atoms with van der Waals surface area (Å²) < 4.78 is 37.1. The summed E-state index contributed by atoms with van der Waals surface area (Å²) in [5, 5.41) is 3.55. The molecule has 0 bridgehead atoms. The van der Waals surface area contributed by atoms with E-state index in [4.69, 9.17) is 21.1 Å². The molecule has 1 heterocycles. The summed E-state index contributed by atoms with van der Waals surface area (Å²) in [5.74, 6) is 0.543. The van der Waals surface area contributed by atoms with Crippen LogP contribution in [0.5, 0.6) is 11.5 Å². The van der Waals surface area contributed by atoms with Gasteiger partial charge in [0.05, 0.1) is 11.9 Å². The second-order valence-corrected chi connectivity index (χ2v) is 12.6. The van der Waals surface area contributed by atoms with Crippen LogP contribution in [0.4, 0.5) is 5.69 Å². The van der Waals surface area contributed by atoms with E-state index in [2.05, 4.69) is 5.32 Å². The first kappa shape index (κ1) is 29.6. The Bertz CT molecular complexity index is 1240. The molecule has 0 unspecified atom stereocenters. The molecule has 2 aromatic carbocycles. The van der Waals surface area contributed by atoms with E-state index >= 15 is 0 Å². The molecule has 11 heteroatoms. The van der Waals surface area contributed by atoms with Crippen LogP contribution in [0.2, 0.25) is 5.02 Å². The van der Waals surface area contributed by atoms with E-state index in [-0.39, 0.29) is 44.5 Å². The lowest BCUT2D eigenvalue weighted by Gasteiger charge is -2.33. The molecule has 3 rings (SSSR count). The first-order chi connectivity index (χ1) is 17.8. The third-order valence-corrected chi connectivity index (χ3v) is 7.39. The Morgan fingerprint density at radius 2 is 1.74 bits per heavy atom. The summed E-state index contributed by atoms with van der Waals surface area (Å²) in [5.41, 5.74) is 0.807. The third kappa shape index (κ3) is 8.01. The number of carbonyl (C=O) groups is 2. The van der Waals surface area contributed by atoms with Gasteiger partial charge >= 0.3 is 0 Å². The molecule has 1 aliphatic rings. The highest BCUT2D eigenvalue weighted by Crippen LogP contribution is 2.36. The van der Waals surface area contributed by atoms with Crippen molar-refractivity contribution in [1.82, 2.24) is 10.2 Å². The monoisotopic (exact) mass is 565 g/mol. The van der Waals surface area contributed by atoms with E-state index in [0.717, 1.165) is 11.8 Å². The number of anilines is 1. The van der Waals surface area contributed by atoms with Crippen LogP contribution in [0.15, 0.2) is 42.5 Å². The van der Waals surface area contributed by atoms with Crippen molar-refractivity contribution in [2.45, 2.75) is 65.1 Å². The van der Waals surface area contributed by atoms with Gasteiger partial charge in [-0.05, 0) is 63.4 Å². The number of sulfonamides is 1. The molecule has 2 amide bonds. The molecule has 1 N–H and O–H groups in total. The smallest absolute Gasteiger partial charge is 0.243 e. The lowest BCUT2D eigenvalue weighted by molar-refractivity contribution is -0.142. The van der Waals surface area contributed by atoms with Crippen LogP contribution in [0.3, 0.4) is 0 Å². The highest BCUT2D eigenvalue weighted by molar-refractivity contribution is 7.92. The second-order valence-electron chi connectivity index (χ2n) is 10.3. The van der Waals surface area contributed by atoms with E-state index in [1.807, 2.05) is 39.8 Å². The standard InChI is InChI=1S/C27H36ClN3O6S/c1-6-22(26(33)29-27(2,3)4)30(17-19-9-11-20(28)12-10-19)25(32)8-7-15-31(38(5,34)35)21-13-14-23-24(16-21)37-18-36-23/h9-14,16,22H,6-8,15,17-18H2,1-5H3,(H,29,33)/t22-/m0/s1. The van der Waals surface area contributed by atoms with Gasteiger partial charge in [-0.25, -0.2) is 8.42 Å². The number of benzene rings is 2. The minimum Gasteiger partial charge on any atom is -0.454 e. The Kier molecular flexibility index (Phi) is 9.54. The van der Waals surface area contributed by atoms with Crippen LogP contribution in [0.25, 0.3) is 0 Å². The van der Waals surface area contributed by atoms with Gasteiger partial charge < -0.3 is 19.7 Å². The van der Waals surface area contributed by atoms with Crippen molar-refractivity contribution >= 4 is 39.1 Å². The number of hydrogen-bond acceptors (Lipinski definition) is 6. The molecule has 1 atom stereocenters. The van der Waals surface area contributed by atoms with Crippen molar-refractivity contribution in [2.75, 3.05) is 23.9 Å². The highest BCUT2D eigenvalue weighted by Gasteiger charge is 2.31. The number of nitrogens with one attached hydrogen (secondary N) is 1. The topological polar surface area (TPSA) is 105 Å². The zero-order valence-corrected chi connectivity index (χ0v) is 24.1. The van der Waals surface area contributed by atoms with Gasteiger partial charge in [-0.15, -0.1) is 0 Å². The van der Waals surface area contributed by atoms with E-state index in [0.29, 0.717) is 28.6 Å². The summed E-state index contributed by atoms with van der Waals surface area (Å²) >= 11 is 6.03. The molecule has 0 spiro atoms. The Morgan fingerprint density at radius 1 is 1.08 bits per heavy atom. The normalized spacial score (nSPS) is 13.6. The number of amides is 2. The van der Waals surface area contributed by atoms with Crippen molar-refractivity contribution in [2.24, 2.45) is 0 Å². The Labute approximate surface area is 230 Å². The summed E-state index contributed by atoms with van der Waals surface area (Å²) in [6, 6.07) is 11.4. The largest absolute Gasteiger partial charge is 0.454 e. The lowest BCUT2D eigenvalue weighted by atomic mass is 10.0. The molecule has 2 aromatic rings. The van der Waals surface area contributed by atoms with Gasteiger partial charge in [0.15, 0.2) is 11.5 Å². The minimum absolute atomic E-state index is 0.0590. The van der Waals surface area contributed by atoms with Gasteiger partial charge in [0.2, 0.25) is 28.6 Å². The van der Waals surface area contributed by atoms with Crippen molar-refractivity contribution < 1.29 is 27.5 Å². The first-order valence-electron chi connectivity index (χ1n) is 12.5. The van der Waals surface area contributed by atoms with Crippen molar-refractivity contribution in [1.29, 1.82) is 0 Å². The summed E-state index contributed by atoms with van der Waals surface area (Å²) in [6.45, 7) is 7.92. The maximum absolute atomic E-state index is 13.5. The zero-order chi connectivity index (χ0) is 28.1. The summed E-state index contributed by atoms with van der Waals surface area (Å²) in [7, 11) is -3.63. The summed E-state index contributed by atoms with van der Waals surface area (Å²) in [4.78, 5) is 28.2. The van der Waals surface area contributed by atoms with Gasteiger partial charge in [-0.3, -0.25) is 13.9 Å². The zero-order valence-electron chi connectivity index (χ0n) is 22.5. The number of hydrogen-bond donors (Lipinski definition) is 1. The maximum atomic E-state index is 13.5. The van der Waals surface area contributed by atoms with Crippen LogP contribution < -0.4 is 19.1 Å². The minimum atomic E-state index is -3.63. The van der Waals surface area contributed by atoms with Gasteiger partial charge in [-0.1, -0.05) is 30.7 Å². The number of ether oxygens (including phenoxy) is 2. The molecular formula is C27H36ClN3O6S. The molecule has 38 heavy (non-hydrogen) atoms. The SMILES string of the molecule is CC[C@@H](C(=O)NC(C)(C)C)N(Cc1ccc(Cl)cc1)C(=O)CCCN(c1ccc2c(c1)OCO2)S(C)(=O)=O. The van der Waals surface area contributed by atoms with Crippen molar-refractivity contribution in [3.05, 3.63) is 53.1 Å².